The molecule has 10 rings (SSSR count). The van der Waals surface area contributed by atoms with Gasteiger partial charge in [0, 0.05) is 60.8 Å². The maximum Gasteiger partial charge on any atom is 0.287 e. The molecule has 0 atom stereocenters. The first-order valence-electron chi connectivity index (χ1n) is 21.9. The number of ether oxygens (including phenoxy) is 5. The van der Waals surface area contributed by atoms with Crippen LogP contribution in [-0.4, -0.2) is 80.4 Å². The molecule has 3 heterocycles. The number of nitrogens with one attached hydrogen (secondary N) is 1. The van der Waals surface area contributed by atoms with Gasteiger partial charge in [0.2, 0.25) is 0 Å². The fourth-order valence-corrected chi connectivity index (χ4v) is 7.94. The van der Waals surface area contributed by atoms with Gasteiger partial charge in [-0.1, -0.05) is 54.6 Å². The molecule has 15 heteroatoms. The summed E-state index contributed by atoms with van der Waals surface area (Å²) in [5.74, 6) is 3.45. The van der Waals surface area contributed by atoms with E-state index in [0.717, 1.165) is 34.8 Å². The third-order valence-corrected chi connectivity index (χ3v) is 11.6. The molecule has 3 aromatic heterocycles. The van der Waals surface area contributed by atoms with Crippen molar-refractivity contribution in [2.45, 2.75) is 18.9 Å². The molecule has 2 amide bonds. The maximum atomic E-state index is 14.3. The van der Waals surface area contributed by atoms with Crippen LogP contribution in [0.5, 0.6) is 40.2 Å². The zero-order valence-electron chi connectivity index (χ0n) is 38.7. The lowest BCUT2D eigenvalue weighted by molar-refractivity contribution is -0.0381. The minimum absolute atomic E-state index is 0.0466. The van der Waals surface area contributed by atoms with Crippen molar-refractivity contribution in [3.8, 4) is 40.2 Å². The van der Waals surface area contributed by atoms with E-state index >= 15 is 0 Å². The lowest BCUT2D eigenvalue weighted by Crippen LogP contribution is -2.36. The van der Waals surface area contributed by atoms with Crippen molar-refractivity contribution in [2.24, 2.45) is 0 Å². The zero-order chi connectivity index (χ0) is 48.2. The summed E-state index contributed by atoms with van der Waals surface area (Å²) in [4.78, 5) is 48.5. The second-order valence-corrected chi connectivity index (χ2v) is 16.2. The number of hydroxylamine groups is 2. The third-order valence-electron chi connectivity index (χ3n) is 11.6. The molecule has 0 radical (unpaired) electrons. The number of carbonyl (C=O) groups is 2. The first-order chi connectivity index (χ1) is 33.6. The molecule has 0 aliphatic heterocycles. The third kappa shape index (κ3) is 9.34. The van der Waals surface area contributed by atoms with Crippen molar-refractivity contribution in [1.82, 2.24) is 20.0 Å². The monoisotopic (exact) mass is 926 g/mol. The highest BCUT2D eigenvalue weighted by Crippen LogP contribution is 2.40. The minimum atomic E-state index is -0.364. The van der Waals surface area contributed by atoms with E-state index in [4.69, 9.17) is 28.5 Å². The van der Waals surface area contributed by atoms with Gasteiger partial charge in [0.15, 0.2) is 28.7 Å². The molecule has 348 valence electrons. The summed E-state index contributed by atoms with van der Waals surface area (Å²) in [6, 6.07) is 35.5. The van der Waals surface area contributed by atoms with Gasteiger partial charge in [-0.25, -0.2) is 9.37 Å². The Morgan fingerprint density at radius 2 is 1.20 bits per heavy atom. The largest absolute Gasteiger partial charge is 0.493 e. The summed E-state index contributed by atoms with van der Waals surface area (Å²) in [5.41, 5.74) is 2.72. The number of hydrogen-bond donors (Lipinski definition) is 1. The summed E-state index contributed by atoms with van der Waals surface area (Å²) in [6.07, 6.45) is 6.58. The fourth-order valence-electron chi connectivity index (χ4n) is 7.94. The zero-order valence-corrected chi connectivity index (χ0v) is 38.7. The number of carbonyl (C=O) groups excluding carboxylic acids is 2. The molecule has 1 N–H and O–H groups in total. The van der Waals surface area contributed by atoms with Gasteiger partial charge in [-0.05, 0) is 77.5 Å². The van der Waals surface area contributed by atoms with Crippen LogP contribution in [-0.2, 0) is 0 Å². The first-order valence-corrected chi connectivity index (χ1v) is 21.9. The Labute approximate surface area is 396 Å². The molecule has 0 spiro atoms. The number of nitrogens with zero attached hydrogens (tertiary/aromatic N) is 5. The number of pyridine rings is 3. The van der Waals surface area contributed by atoms with Crippen molar-refractivity contribution < 1.29 is 42.5 Å². The molecule has 0 unspecified atom stereocenters. The molecule has 0 bridgehead atoms. The van der Waals surface area contributed by atoms with Crippen LogP contribution in [0.2, 0.25) is 0 Å². The molecular weight excluding hydrogens is 880 g/mol. The summed E-state index contributed by atoms with van der Waals surface area (Å²) in [6.45, 7) is 0. The van der Waals surface area contributed by atoms with Crippen molar-refractivity contribution in [2.75, 3.05) is 52.8 Å². The molecule has 6 aromatic carbocycles. The Bertz CT molecular complexity index is 3380. The van der Waals surface area contributed by atoms with Gasteiger partial charge in [-0.2, -0.15) is 5.06 Å². The van der Waals surface area contributed by atoms with Crippen LogP contribution in [0, 0.1) is 5.82 Å². The lowest BCUT2D eigenvalue weighted by atomic mass is 10.0. The van der Waals surface area contributed by atoms with E-state index in [1.54, 1.807) is 114 Å². The SMILES string of the molecule is COc1cc2nccc(ON(C(=O)c3cccc4c(F)cccc34)C3CC3)c2cc1OC.COc1cc2nccc(Oc3ccc4ccccc4c3C(=O)Nc3ccc(N(C)C)nc3)c2cc1OC. The van der Waals surface area contributed by atoms with Crippen LogP contribution in [0.3, 0.4) is 0 Å². The summed E-state index contributed by atoms with van der Waals surface area (Å²) in [7, 11) is 10.1. The molecule has 1 aliphatic carbocycles. The predicted molar refractivity (Wildman–Crippen MR) is 264 cm³/mol. The Morgan fingerprint density at radius 1 is 0.594 bits per heavy atom. The van der Waals surface area contributed by atoms with Gasteiger partial charge < -0.3 is 38.7 Å². The molecule has 0 saturated heterocycles. The standard InChI is InChI=1S/C29H26N4O4.C25H21FN2O4/c1-33(2)27-12-10-19(17-31-27)32-29(34)28-20-8-6-5-7-18(20)9-11-24(28)37-23-13-14-30-22-16-26(36-4)25(35-3)15-21(22)23;1-30-23-13-19-21(14-24(23)31-2)27-12-11-22(19)32-28(15-9-10-15)25(29)18-7-3-6-17-16(18)5-4-8-20(17)26/h5-17H,1-4H3,(H,32,34);3-8,11-15H,9-10H2,1-2H3. The number of aromatic nitrogens is 3. The van der Waals surface area contributed by atoms with Crippen LogP contribution < -0.4 is 38.7 Å². The molecular formula is C54H47FN6O8. The number of anilines is 2. The summed E-state index contributed by atoms with van der Waals surface area (Å²) >= 11 is 0. The molecule has 69 heavy (non-hydrogen) atoms. The van der Waals surface area contributed by atoms with E-state index in [-0.39, 0.29) is 23.7 Å². The highest BCUT2D eigenvalue weighted by molar-refractivity contribution is 6.15. The Morgan fingerprint density at radius 3 is 1.84 bits per heavy atom. The number of hydrogen-bond acceptors (Lipinski definition) is 12. The van der Waals surface area contributed by atoms with Crippen LogP contribution >= 0.6 is 0 Å². The fraction of sp³-hybridized carbons (Fsp3) is 0.167. The van der Waals surface area contributed by atoms with Crippen molar-refractivity contribution >= 4 is 66.7 Å². The van der Waals surface area contributed by atoms with E-state index < -0.39 is 0 Å². The topological polar surface area (TPSA) is 147 Å². The van der Waals surface area contributed by atoms with Crippen LogP contribution in [0.4, 0.5) is 15.9 Å². The van der Waals surface area contributed by atoms with Gasteiger partial charge in [0.1, 0.15) is 23.1 Å². The lowest BCUT2D eigenvalue weighted by Gasteiger charge is -2.24. The quantitative estimate of drug-likeness (QED) is 0.110. The molecule has 14 nitrogen and oxygen atoms in total. The number of halogens is 1. The van der Waals surface area contributed by atoms with E-state index in [1.807, 2.05) is 67.5 Å². The normalized spacial score (nSPS) is 11.9. The highest BCUT2D eigenvalue weighted by Gasteiger charge is 2.36. The van der Waals surface area contributed by atoms with Gasteiger partial charge >= 0.3 is 0 Å². The van der Waals surface area contributed by atoms with Crippen molar-refractivity contribution in [3.05, 3.63) is 157 Å². The molecule has 9 aromatic rings. The number of rotatable bonds is 13. The number of benzene rings is 6. The highest BCUT2D eigenvalue weighted by atomic mass is 19.1. The average molecular weight is 927 g/mol. The number of amides is 2. The molecule has 1 aliphatic rings. The number of methoxy groups -OCH3 is 4. The van der Waals surface area contributed by atoms with Crippen LogP contribution in [0.15, 0.2) is 140 Å². The van der Waals surface area contributed by atoms with Gasteiger partial charge in [-0.15, -0.1) is 0 Å². The van der Waals surface area contributed by atoms with Crippen molar-refractivity contribution in [1.29, 1.82) is 0 Å². The second-order valence-electron chi connectivity index (χ2n) is 16.2. The Hall–Kier alpha value is -8.72. The van der Waals surface area contributed by atoms with Gasteiger partial charge in [-0.3, -0.25) is 19.6 Å². The van der Waals surface area contributed by atoms with E-state index in [0.29, 0.717) is 84.3 Å². The Balaban J connectivity index is 0.000000174. The van der Waals surface area contributed by atoms with Gasteiger partial charge in [0.05, 0.1) is 68.5 Å². The first kappa shape index (κ1) is 45.4. The van der Waals surface area contributed by atoms with E-state index in [1.165, 1.54) is 11.1 Å². The minimum Gasteiger partial charge on any atom is -0.493 e. The van der Waals surface area contributed by atoms with Crippen LogP contribution in [0.25, 0.3) is 43.4 Å². The second kappa shape index (κ2) is 19.6. The molecule has 1 saturated carbocycles. The maximum absolute atomic E-state index is 14.3. The predicted octanol–water partition coefficient (Wildman–Crippen LogP) is 11.1. The van der Waals surface area contributed by atoms with Gasteiger partial charge in [0.25, 0.3) is 11.8 Å². The average Bonchev–Trinajstić information content (AvgIpc) is 4.23. The van der Waals surface area contributed by atoms with Crippen LogP contribution in [0.1, 0.15) is 33.6 Å². The molecule has 1 fully saturated rings. The summed E-state index contributed by atoms with van der Waals surface area (Å²) < 4.78 is 42.3. The van der Waals surface area contributed by atoms with E-state index in [9.17, 15) is 14.0 Å². The number of fused-ring (bicyclic) bond motifs is 4. The summed E-state index contributed by atoms with van der Waals surface area (Å²) in [5, 5.41) is 8.42. The smallest absolute Gasteiger partial charge is 0.287 e. The van der Waals surface area contributed by atoms with Crippen molar-refractivity contribution in [3.63, 3.8) is 0 Å². The Kier molecular flexibility index (Phi) is 12.9. The van der Waals surface area contributed by atoms with E-state index in [2.05, 4.69) is 20.3 Å².